The Labute approximate surface area is 276 Å². The van der Waals surface area contributed by atoms with Crippen LogP contribution < -0.4 is 16.0 Å². The summed E-state index contributed by atoms with van der Waals surface area (Å²) >= 11 is 18.0. The number of aryl methyl sites for hydroxylation is 1. The second-order valence-corrected chi connectivity index (χ2v) is 12.1. The second kappa shape index (κ2) is 16.7. The van der Waals surface area contributed by atoms with Crippen LogP contribution in [0.2, 0.25) is 15.1 Å². The number of ketones is 1. The van der Waals surface area contributed by atoms with Crippen LogP contribution in [0, 0.1) is 5.92 Å². The summed E-state index contributed by atoms with van der Waals surface area (Å²) in [4.78, 5) is 51.8. The number of amides is 3. The highest BCUT2D eigenvalue weighted by molar-refractivity contribution is 6.42. The fourth-order valence-corrected chi connectivity index (χ4v) is 4.90. The molecule has 0 saturated carbocycles. The molecule has 45 heavy (non-hydrogen) atoms. The number of alkyl halides is 2. The van der Waals surface area contributed by atoms with Gasteiger partial charge in [0.15, 0.2) is 0 Å². The van der Waals surface area contributed by atoms with Gasteiger partial charge in [-0.05, 0) is 59.7 Å². The fourth-order valence-electron chi connectivity index (χ4n) is 4.46. The molecule has 0 aliphatic carbocycles. The Hall–Kier alpha value is -3.53. The number of hydrogen-bond acceptors (Lipinski definition) is 4. The monoisotopic (exact) mass is 679 g/mol. The zero-order valence-electron chi connectivity index (χ0n) is 24.7. The van der Waals surface area contributed by atoms with Crippen molar-refractivity contribution in [2.45, 2.75) is 57.5 Å². The van der Waals surface area contributed by atoms with Crippen LogP contribution in [0.5, 0.6) is 0 Å². The van der Waals surface area contributed by atoms with Crippen LogP contribution in [-0.4, -0.2) is 48.1 Å². The Morgan fingerprint density at radius 2 is 1.42 bits per heavy atom. The van der Waals surface area contributed by atoms with E-state index in [1.165, 1.54) is 13.8 Å². The summed E-state index contributed by atoms with van der Waals surface area (Å²) in [5, 5.41) is 8.28. The van der Waals surface area contributed by atoms with Crippen LogP contribution in [0.3, 0.4) is 0 Å². The largest absolute Gasteiger partial charge is 0.383 e. The van der Waals surface area contributed by atoms with Crippen molar-refractivity contribution in [2.24, 2.45) is 5.92 Å². The minimum Gasteiger partial charge on any atom is -0.350 e. The molecule has 3 aromatic carbocycles. The van der Waals surface area contributed by atoms with Gasteiger partial charge in [0.05, 0.1) is 16.1 Å². The van der Waals surface area contributed by atoms with E-state index in [9.17, 15) is 19.2 Å². The molecule has 0 fully saturated rings. The lowest BCUT2D eigenvalue weighted by Crippen LogP contribution is -2.59. The Balaban J connectivity index is 1.71. The van der Waals surface area contributed by atoms with Crippen LogP contribution in [0.4, 0.5) is 8.78 Å². The first-order valence-corrected chi connectivity index (χ1v) is 15.4. The van der Waals surface area contributed by atoms with Crippen LogP contribution >= 0.6 is 34.8 Å². The molecule has 0 spiro atoms. The lowest BCUT2D eigenvalue weighted by molar-refractivity contribution is -0.161. The molecule has 0 bridgehead atoms. The highest BCUT2D eigenvalue weighted by atomic mass is 35.5. The van der Waals surface area contributed by atoms with Crippen molar-refractivity contribution in [1.29, 1.82) is 0 Å². The maximum atomic E-state index is 15.1. The minimum absolute atomic E-state index is 0.0170. The highest BCUT2D eigenvalue weighted by Crippen LogP contribution is 2.24. The van der Waals surface area contributed by atoms with Crippen molar-refractivity contribution in [3.05, 3.63) is 105 Å². The number of carbonyl (C=O) groups is 4. The molecule has 240 valence electrons. The van der Waals surface area contributed by atoms with Crippen LogP contribution in [0.25, 0.3) is 0 Å². The van der Waals surface area contributed by atoms with Crippen molar-refractivity contribution >= 4 is 58.3 Å². The number of halogens is 5. The van der Waals surface area contributed by atoms with Crippen LogP contribution in [-0.2, 0) is 38.4 Å². The van der Waals surface area contributed by atoms with E-state index >= 15 is 8.78 Å². The van der Waals surface area contributed by atoms with E-state index < -0.39 is 47.4 Å². The van der Waals surface area contributed by atoms with Crippen molar-refractivity contribution < 1.29 is 28.0 Å². The SMILES string of the molecule is CC(C)[C@H](NC(=O)[C@H](Cc1ccc(Cl)cc1)NC(=O)CCc1ccc(Cl)c(Cl)c1)C(=O)C(F)(F)C(=O)NCCc1ccccc1. The molecular weight excluding hydrogens is 647 g/mol. The van der Waals surface area contributed by atoms with E-state index in [0.29, 0.717) is 27.1 Å². The van der Waals surface area contributed by atoms with Gasteiger partial charge in [0.1, 0.15) is 6.04 Å². The third-order valence-corrected chi connectivity index (χ3v) is 8.00. The van der Waals surface area contributed by atoms with Crippen LogP contribution in [0.15, 0.2) is 72.8 Å². The number of Topliss-reactive ketones (excluding diaryl/α,β-unsaturated/α-hetero) is 1. The first-order valence-electron chi connectivity index (χ1n) is 14.3. The molecule has 3 rings (SSSR count). The molecule has 0 aliphatic heterocycles. The number of carbonyl (C=O) groups excluding carboxylic acids is 4. The maximum Gasteiger partial charge on any atom is 0.383 e. The number of benzene rings is 3. The molecule has 3 N–H and O–H groups in total. The first-order chi connectivity index (χ1) is 21.3. The summed E-state index contributed by atoms with van der Waals surface area (Å²) < 4.78 is 30.2. The standard InChI is InChI=1S/C33H34Cl3F2N3O4/c1-20(2)29(30(43)33(37,38)32(45)39-17-16-21-6-4-3-5-7-21)41-31(44)27(19-23-8-12-24(34)13-9-23)40-28(42)15-11-22-10-14-25(35)26(36)18-22/h3-10,12-14,18,20,27,29H,11,15-17,19H2,1-2H3,(H,39,45)(H,40,42)(H,41,44)/t27-,29-/m0/s1. The van der Waals surface area contributed by atoms with Gasteiger partial charge in [-0.1, -0.05) is 97.2 Å². The molecular formula is C33H34Cl3F2N3O4. The minimum atomic E-state index is -4.41. The predicted molar refractivity (Wildman–Crippen MR) is 172 cm³/mol. The van der Waals surface area contributed by atoms with Crippen molar-refractivity contribution in [3.63, 3.8) is 0 Å². The van der Waals surface area contributed by atoms with Gasteiger partial charge in [0, 0.05) is 24.4 Å². The molecule has 2 atom stereocenters. The molecule has 0 aliphatic rings. The summed E-state index contributed by atoms with van der Waals surface area (Å²) in [7, 11) is 0. The summed E-state index contributed by atoms with van der Waals surface area (Å²) in [6.45, 7) is 2.83. The third kappa shape index (κ3) is 10.8. The molecule has 0 heterocycles. The highest BCUT2D eigenvalue weighted by Gasteiger charge is 2.51. The van der Waals surface area contributed by atoms with Crippen molar-refractivity contribution in [1.82, 2.24) is 16.0 Å². The molecule has 0 unspecified atom stereocenters. The Morgan fingerprint density at radius 3 is 2.04 bits per heavy atom. The first kappa shape index (κ1) is 35.9. The van der Waals surface area contributed by atoms with Gasteiger partial charge < -0.3 is 16.0 Å². The molecule has 0 saturated heterocycles. The lowest BCUT2D eigenvalue weighted by atomic mass is 9.94. The summed E-state index contributed by atoms with van der Waals surface area (Å²) in [5.41, 5.74) is 2.19. The predicted octanol–water partition coefficient (Wildman–Crippen LogP) is 6.01. The number of rotatable bonds is 15. The molecule has 7 nitrogen and oxygen atoms in total. The zero-order chi connectivity index (χ0) is 33.1. The van der Waals surface area contributed by atoms with E-state index in [0.717, 1.165) is 11.1 Å². The normalized spacial score (nSPS) is 12.7. The van der Waals surface area contributed by atoms with Crippen molar-refractivity contribution in [3.8, 4) is 0 Å². The molecule has 0 aromatic heterocycles. The topological polar surface area (TPSA) is 104 Å². The van der Waals surface area contributed by atoms with Crippen molar-refractivity contribution in [2.75, 3.05) is 6.54 Å². The van der Waals surface area contributed by atoms with Gasteiger partial charge in [-0.2, -0.15) is 8.78 Å². The fraction of sp³-hybridized carbons (Fsp3) is 0.333. The Kier molecular flexibility index (Phi) is 13.3. The lowest BCUT2D eigenvalue weighted by Gasteiger charge is -2.27. The van der Waals surface area contributed by atoms with Gasteiger partial charge in [-0.25, -0.2) is 0 Å². The van der Waals surface area contributed by atoms with Gasteiger partial charge in [-0.3, -0.25) is 19.2 Å². The molecule has 0 radical (unpaired) electrons. The second-order valence-electron chi connectivity index (χ2n) is 10.9. The molecule has 3 amide bonds. The summed E-state index contributed by atoms with van der Waals surface area (Å²) in [6.07, 6.45) is 0.544. The van der Waals surface area contributed by atoms with E-state index in [1.807, 2.05) is 0 Å². The molecule has 12 heteroatoms. The Bertz CT molecular complexity index is 1490. The van der Waals surface area contributed by atoms with Gasteiger partial charge in [-0.15, -0.1) is 0 Å². The molecule has 3 aromatic rings. The van der Waals surface area contributed by atoms with Crippen LogP contribution in [0.1, 0.15) is 37.0 Å². The van der Waals surface area contributed by atoms with Gasteiger partial charge >= 0.3 is 5.92 Å². The van der Waals surface area contributed by atoms with E-state index in [4.69, 9.17) is 34.8 Å². The van der Waals surface area contributed by atoms with E-state index in [1.54, 1.807) is 72.8 Å². The van der Waals surface area contributed by atoms with E-state index in [-0.39, 0.29) is 25.8 Å². The average Bonchev–Trinajstić information content (AvgIpc) is 3.01. The van der Waals surface area contributed by atoms with Gasteiger partial charge in [0.2, 0.25) is 17.6 Å². The van der Waals surface area contributed by atoms with E-state index in [2.05, 4.69) is 16.0 Å². The average molecular weight is 681 g/mol. The number of nitrogens with one attached hydrogen (secondary N) is 3. The number of hydrogen-bond donors (Lipinski definition) is 3. The van der Waals surface area contributed by atoms with Gasteiger partial charge in [0.25, 0.3) is 5.91 Å². The quantitative estimate of drug-likeness (QED) is 0.171. The third-order valence-electron chi connectivity index (χ3n) is 7.01. The summed E-state index contributed by atoms with van der Waals surface area (Å²) in [6, 6.07) is 17.5. The summed E-state index contributed by atoms with van der Waals surface area (Å²) in [5.74, 6) is -10.1. The smallest absolute Gasteiger partial charge is 0.350 e. The Morgan fingerprint density at radius 1 is 0.778 bits per heavy atom. The maximum absolute atomic E-state index is 15.1. The zero-order valence-corrected chi connectivity index (χ0v) is 27.0.